The fourth-order valence-electron chi connectivity index (χ4n) is 0.812. The number of aromatic hydroxyl groups is 1. The average Bonchev–Trinajstić information content (AvgIpc) is 2.00. The lowest BCUT2D eigenvalue weighted by molar-refractivity contribution is 0.386. The smallest absolute Gasteiger partial charge is 0.349 e. The molecule has 0 aliphatic carbocycles. The second kappa shape index (κ2) is 3.75. The van der Waals surface area contributed by atoms with Crippen LogP contribution < -0.4 is 0 Å². The van der Waals surface area contributed by atoms with Crippen LogP contribution in [0.1, 0.15) is 5.56 Å². The summed E-state index contributed by atoms with van der Waals surface area (Å²) >= 11 is 0. The third kappa shape index (κ3) is 3.90. The van der Waals surface area contributed by atoms with Crippen molar-refractivity contribution in [1.82, 2.24) is 0 Å². The van der Waals surface area contributed by atoms with Gasteiger partial charge in [0.15, 0.2) is 0 Å². The van der Waals surface area contributed by atoms with Crippen LogP contribution in [0.25, 0.3) is 6.08 Å². The predicted molar refractivity (Wildman–Crippen MR) is 49.2 cm³/mol. The molecule has 0 aliphatic rings. The summed E-state index contributed by atoms with van der Waals surface area (Å²) in [4.78, 5) is 17.0. The molecular formula is C8H9O4P. The molecule has 0 unspecified atom stereocenters. The lowest BCUT2D eigenvalue weighted by Crippen LogP contribution is -1.72. The van der Waals surface area contributed by atoms with E-state index in [9.17, 15) is 4.57 Å². The van der Waals surface area contributed by atoms with Crippen molar-refractivity contribution in [2.45, 2.75) is 0 Å². The van der Waals surface area contributed by atoms with Crippen LogP contribution in [0.2, 0.25) is 0 Å². The summed E-state index contributed by atoms with van der Waals surface area (Å²) in [5.74, 6) is 0.856. The number of phenols is 1. The summed E-state index contributed by atoms with van der Waals surface area (Å²) in [6.07, 6.45) is 1.26. The average molecular weight is 200 g/mol. The molecule has 1 rings (SSSR count). The van der Waals surface area contributed by atoms with E-state index in [2.05, 4.69) is 0 Å². The Kier molecular flexibility index (Phi) is 2.88. The molecule has 4 nitrogen and oxygen atoms in total. The summed E-state index contributed by atoms with van der Waals surface area (Å²) in [5, 5.41) is 9.01. The van der Waals surface area contributed by atoms with E-state index in [-0.39, 0.29) is 5.75 Å². The second-order valence-corrected chi connectivity index (χ2v) is 3.98. The Labute approximate surface area is 75.3 Å². The van der Waals surface area contributed by atoms with E-state index in [4.69, 9.17) is 14.9 Å². The highest BCUT2D eigenvalue weighted by Crippen LogP contribution is 2.36. The van der Waals surface area contributed by atoms with E-state index < -0.39 is 7.60 Å². The molecule has 0 saturated carbocycles. The molecule has 0 heterocycles. The molecule has 0 amide bonds. The Balaban J connectivity index is 2.87. The van der Waals surface area contributed by atoms with Gasteiger partial charge in [0.2, 0.25) is 0 Å². The molecule has 0 atom stereocenters. The molecule has 3 N–H and O–H groups in total. The highest BCUT2D eigenvalue weighted by Gasteiger charge is 2.04. The van der Waals surface area contributed by atoms with E-state index in [0.29, 0.717) is 5.56 Å². The second-order valence-electron chi connectivity index (χ2n) is 2.50. The quantitative estimate of drug-likeness (QED) is 0.633. The van der Waals surface area contributed by atoms with Crippen LogP contribution in [0.5, 0.6) is 5.75 Å². The minimum Gasteiger partial charge on any atom is -0.508 e. The molecule has 0 saturated heterocycles. The van der Waals surface area contributed by atoms with Crippen molar-refractivity contribution < 1.29 is 19.5 Å². The van der Waals surface area contributed by atoms with E-state index in [0.717, 1.165) is 5.82 Å². The van der Waals surface area contributed by atoms with Crippen molar-refractivity contribution in [2.24, 2.45) is 0 Å². The molecule has 5 heteroatoms. The predicted octanol–water partition coefficient (Wildman–Crippen LogP) is 1.54. The van der Waals surface area contributed by atoms with Crippen molar-refractivity contribution >= 4 is 13.7 Å². The van der Waals surface area contributed by atoms with Crippen LogP contribution in [-0.4, -0.2) is 14.9 Å². The number of benzene rings is 1. The van der Waals surface area contributed by atoms with E-state index >= 15 is 0 Å². The van der Waals surface area contributed by atoms with Gasteiger partial charge >= 0.3 is 7.60 Å². The SMILES string of the molecule is O=P(O)(O)/C=C/c1cccc(O)c1. The van der Waals surface area contributed by atoms with Crippen molar-refractivity contribution in [1.29, 1.82) is 0 Å². The number of hydrogen-bond donors (Lipinski definition) is 3. The molecule has 0 fully saturated rings. The largest absolute Gasteiger partial charge is 0.508 e. The zero-order valence-electron chi connectivity index (χ0n) is 6.66. The molecule has 13 heavy (non-hydrogen) atoms. The Hall–Kier alpha value is -1.09. The highest BCUT2D eigenvalue weighted by molar-refractivity contribution is 7.55. The monoisotopic (exact) mass is 200 g/mol. The third-order valence-electron chi connectivity index (χ3n) is 1.33. The molecule has 1 aromatic carbocycles. The van der Waals surface area contributed by atoms with Crippen molar-refractivity contribution in [2.75, 3.05) is 0 Å². The molecule has 0 bridgehead atoms. The first-order valence-corrected chi connectivity index (χ1v) is 5.19. The van der Waals surface area contributed by atoms with Gasteiger partial charge in [0.25, 0.3) is 0 Å². The summed E-state index contributed by atoms with van der Waals surface area (Å²) in [6, 6.07) is 6.11. The maximum Gasteiger partial charge on any atom is 0.349 e. The topological polar surface area (TPSA) is 77.8 Å². The Morgan fingerprint density at radius 1 is 1.31 bits per heavy atom. The fourth-order valence-corrected chi connectivity index (χ4v) is 1.18. The van der Waals surface area contributed by atoms with E-state index in [1.54, 1.807) is 12.1 Å². The standard InChI is InChI=1S/C8H9O4P/c9-8-3-1-2-7(6-8)4-5-13(10,11)12/h1-6,9H,(H2,10,11,12)/b5-4+. The van der Waals surface area contributed by atoms with Crippen LogP contribution >= 0.6 is 7.60 Å². The molecule has 0 radical (unpaired) electrons. The summed E-state index contributed by atoms with van der Waals surface area (Å²) in [5.41, 5.74) is 0.545. The molecule has 1 aromatic rings. The Morgan fingerprint density at radius 3 is 2.54 bits per heavy atom. The first-order chi connectivity index (χ1) is 5.97. The number of hydrogen-bond acceptors (Lipinski definition) is 2. The minimum atomic E-state index is -4.11. The normalized spacial score (nSPS) is 12.2. The van der Waals surface area contributed by atoms with Gasteiger partial charge in [-0.3, -0.25) is 4.57 Å². The van der Waals surface area contributed by atoms with Crippen LogP contribution in [0.4, 0.5) is 0 Å². The van der Waals surface area contributed by atoms with Gasteiger partial charge in [-0.05, 0) is 23.8 Å². The lowest BCUT2D eigenvalue weighted by Gasteiger charge is -1.96. The Bertz CT molecular complexity index is 366. The first kappa shape index (κ1) is 9.99. The number of rotatable bonds is 2. The van der Waals surface area contributed by atoms with Gasteiger partial charge in [-0.1, -0.05) is 12.1 Å². The van der Waals surface area contributed by atoms with Crippen LogP contribution in [0, 0.1) is 0 Å². The molecule has 0 aromatic heterocycles. The van der Waals surface area contributed by atoms with Crippen molar-refractivity contribution in [3.63, 3.8) is 0 Å². The Morgan fingerprint density at radius 2 is 2.00 bits per heavy atom. The maximum absolute atomic E-state index is 10.4. The third-order valence-corrected chi connectivity index (χ3v) is 1.87. The van der Waals surface area contributed by atoms with Gasteiger partial charge in [-0.2, -0.15) is 0 Å². The molecular weight excluding hydrogens is 191 g/mol. The lowest BCUT2D eigenvalue weighted by atomic mass is 10.2. The first-order valence-electron chi connectivity index (χ1n) is 3.51. The number of phenolic OH excluding ortho intramolecular Hbond substituents is 1. The molecule has 70 valence electrons. The zero-order chi connectivity index (χ0) is 9.90. The van der Waals surface area contributed by atoms with Gasteiger partial charge in [0.05, 0.1) is 0 Å². The summed E-state index contributed by atoms with van der Waals surface area (Å²) in [6.45, 7) is 0. The fraction of sp³-hybridized carbons (Fsp3) is 0. The van der Waals surface area contributed by atoms with E-state index in [1.807, 2.05) is 0 Å². The zero-order valence-corrected chi connectivity index (χ0v) is 7.56. The van der Waals surface area contributed by atoms with Crippen molar-refractivity contribution in [3.05, 3.63) is 35.6 Å². The van der Waals surface area contributed by atoms with Gasteiger partial charge in [0.1, 0.15) is 5.75 Å². The summed E-state index contributed by atoms with van der Waals surface area (Å²) in [7, 11) is -4.11. The van der Waals surface area contributed by atoms with E-state index in [1.165, 1.54) is 18.2 Å². The van der Waals surface area contributed by atoms with Crippen molar-refractivity contribution in [3.8, 4) is 5.75 Å². The molecule has 0 spiro atoms. The van der Waals surface area contributed by atoms with Crippen LogP contribution in [0.3, 0.4) is 0 Å². The molecule has 0 aliphatic heterocycles. The van der Waals surface area contributed by atoms with Crippen LogP contribution in [0.15, 0.2) is 30.1 Å². The van der Waals surface area contributed by atoms with Gasteiger partial charge in [-0.25, -0.2) is 0 Å². The van der Waals surface area contributed by atoms with Crippen LogP contribution in [-0.2, 0) is 4.57 Å². The van der Waals surface area contributed by atoms with Gasteiger partial charge in [0, 0.05) is 5.82 Å². The van der Waals surface area contributed by atoms with Gasteiger partial charge in [-0.15, -0.1) is 0 Å². The summed E-state index contributed by atoms with van der Waals surface area (Å²) < 4.78 is 10.4. The van der Waals surface area contributed by atoms with Gasteiger partial charge < -0.3 is 14.9 Å². The minimum absolute atomic E-state index is 0.0628. The highest BCUT2D eigenvalue weighted by atomic mass is 31.2. The maximum atomic E-state index is 10.4.